The van der Waals surface area contributed by atoms with E-state index in [1.807, 2.05) is 38.1 Å². The van der Waals surface area contributed by atoms with Crippen LogP contribution in [-0.4, -0.2) is 26.5 Å². The fourth-order valence-electron chi connectivity index (χ4n) is 3.36. The Morgan fingerprint density at radius 1 is 1.43 bits per heavy atom. The number of pyridine rings is 1. The van der Waals surface area contributed by atoms with Crippen molar-refractivity contribution in [2.75, 3.05) is 0 Å². The van der Waals surface area contributed by atoms with Crippen LogP contribution in [0.2, 0.25) is 0 Å². The second-order valence-corrected chi connectivity index (χ2v) is 7.38. The molecule has 1 atom stereocenters. The summed E-state index contributed by atoms with van der Waals surface area (Å²) in [6, 6.07) is 9.60. The maximum Gasteiger partial charge on any atom is 0.327 e. The standard InChI is InChI=1S/C21H21N5O2/c1-12-3-4-14(20(27)24-16-5-6-16)9-17(12)15-10-18-19(23-11-15)26(21(28)25-18)13(2)7-8-22/h3-4,9-11,13,16H,5-7H2,1-2H3,(H,24,27)(H,25,28)/t13-/m1/s1. The van der Waals surface area contributed by atoms with Crippen molar-refractivity contribution < 1.29 is 4.79 Å². The summed E-state index contributed by atoms with van der Waals surface area (Å²) in [5.74, 6) is -0.0670. The molecule has 0 spiro atoms. The van der Waals surface area contributed by atoms with E-state index in [9.17, 15) is 9.59 Å². The molecular weight excluding hydrogens is 354 g/mol. The van der Waals surface area contributed by atoms with Crippen LogP contribution in [0.25, 0.3) is 22.3 Å². The molecule has 1 amide bonds. The smallest absolute Gasteiger partial charge is 0.327 e. The van der Waals surface area contributed by atoms with Crippen molar-refractivity contribution in [1.29, 1.82) is 5.26 Å². The number of aryl methyl sites for hydroxylation is 1. The zero-order valence-corrected chi connectivity index (χ0v) is 15.8. The molecule has 0 unspecified atom stereocenters. The fourth-order valence-corrected chi connectivity index (χ4v) is 3.36. The van der Waals surface area contributed by atoms with Gasteiger partial charge < -0.3 is 10.3 Å². The van der Waals surface area contributed by atoms with Gasteiger partial charge in [-0.05, 0) is 56.0 Å². The molecule has 4 rings (SSSR count). The lowest BCUT2D eigenvalue weighted by Crippen LogP contribution is -2.25. The van der Waals surface area contributed by atoms with E-state index in [-0.39, 0.29) is 24.1 Å². The van der Waals surface area contributed by atoms with Crippen LogP contribution in [0.15, 0.2) is 35.3 Å². The van der Waals surface area contributed by atoms with Crippen LogP contribution in [-0.2, 0) is 0 Å². The fraction of sp³-hybridized carbons (Fsp3) is 0.333. The zero-order chi connectivity index (χ0) is 19.8. The van der Waals surface area contributed by atoms with Gasteiger partial charge in [0.15, 0.2) is 5.65 Å². The van der Waals surface area contributed by atoms with E-state index in [0.717, 1.165) is 29.5 Å². The molecule has 1 fully saturated rings. The lowest BCUT2D eigenvalue weighted by molar-refractivity contribution is 0.0951. The minimum absolute atomic E-state index is 0.0670. The van der Waals surface area contributed by atoms with E-state index in [4.69, 9.17) is 5.26 Å². The third kappa shape index (κ3) is 3.29. The van der Waals surface area contributed by atoms with Gasteiger partial charge in [-0.1, -0.05) is 6.07 Å². The Morgan fingerprint density at radius 2 is 2.21 bits per heavy atom. The highest BCUT2D eigenvalue weighted by atomic mass is 16.2. The van der Waals surface area contributed by atoms with Crippen molar-refractivity contribution in [1.82, 2.24) is 19.9 Å². The monoisotopic (exact) mass is 375 g/mol. The van der Waals surface area contributed by atoms with Crippen LogP contribution in [0.3, 0.4) is 0 Å². The van der Waals surface area contributed by atoms with E-state index < -0.39 is 0 Å². The topological polar surface area (TPSA) is 104 Å². The number of aromatic nitrogens is 3. The second kappa shape index (κ2) is 6.97. The first kappa shape index (κ1) is 18.0. The number of carbonyl (C=O) groups is 1. The number of hydrogen-bond donors (Lipinski definition) is 2. The minimum Gasteiger partial charge on any atom is -0.349 e. The van der Waals surface area contributed by atoms with E-state index in [1.54, 1.807) is 6.20 Å². The van der Waals surface area contributed by atoms with Gasteiger partial charge in [-0.3, -0.25) is 9.36 Å². The first-order valence-corrected chi connectivity index (χ1v) is 9.37. The number of hydrogen-bond acceptors (Lipinski definition) is 4. The molecule has 1 aromatic carbocycles. The van der Waals surface area contributed by atoms with Crippen molar-refractivity contribution in [3.63, 3.8) is 0 Å². The van der Waals surface area contributed by atoms with Crippen molar-refractivity contribution in [3.8, 4) is 17.2 Å². The summed E-state index contributed by atoms with van der Waals surface area (Å²) < 4.78 is 1.51. The number of aromatic amines is 1. The van der Waals surface area contributed by atoms with E-state index in [1.165, 1.54) is 4.57 Å². The van der Waals surface area contributed by atoms with Gasteiger partial charge in [0.1, 0.15) is 0 Å². The lowest BCUT2D eigenvalue weighted by Gasteiger charge is -2.11. The molecule has 3 aromatic rings. The largest absolute Gasteiger partial charge is 0.349 e. The molecule has 7 heteroatoms. The van der Waals surface area contributed by atoms with E-state index >= 15 is 0 Å². The Kier molecular flexibility index (Phi) is 4.47. The number of amides is 1. The number of nitriles is 1. The Bertz CT molecular complexity index is 1160. The van der Waals surface area contributed by atoms with E-state index in [2.05, 4.69) is 21.4 Å². The summed E-state index contributed by atoms with van der Waals surface area (Å²) in [5, 5.41) is 11.9. The van der Waals surface area contributed by atoms with Crippen molar-refractivity contribution >= 4 is 17.1 Å². The number of fused-ring (bicyclic) bond motifs is 1. The van der Waals surface area contributed by atoms with Gasteiger partial charge >= 0.3 is 5.69 Å². The first-order valence-electron chi connectivity index (χ1n) is 9.37. The summed E-state index contributed by atoms with van der Waals surface area (Å²) in [5.41, 5.74) is 4.21. The highest BCUT2D eigenvalue weighted by Gasteiger charge is 2.24. The normalized spacial score (nSPS) is 14.6. The van der Waals surface area contributed by atoms with Gasteiger partial charge in [0.25, 0.3) is 5.91 Å². The van der Waals surface area contributed by atoms with Crippen molar-refractivity contribution in [3.05, 3.63) is 52.1 Å². The zero-order valence-electron chi connectivity index (χ0n) is 15.8. The summed E-state index contributed by atoms with van der Waals surface area (Å²) in [4.78, 5) is 32.0. The third-order valence-corrected chi connectivity index (χ3v) is 5.11. The minimum atomic E-state index is -0.281. The van der Waals surface area contributed by atoms with Gasteiger partial charge in [0.05, 0.1) is 24.0 Å². The molecule has 0 aliphatic heterocycles. The molecule has 0 saturated heterocycles. The Morgan fingerprint density at radius 3 is 2.93 bits per heavy atom. The SMILES string of the molecule is Cc1ccc(C(=O)NC2CC2)cc1-c1cnc2c(c1)[nH]c(=O)n2[C@H](C)CC#N. The van der Waals surface area contributed by atoms with Gasteiger partial charge in [0.2, 0.25) is 0 Å². The van der Waals surface area contributed by atoms with Crippen LogP contribution < -0.4 is 11.0 Å². The molecule has 28 heavy (non-hydrogen) atoms. The Hall–Kier alpha value is -3.40. The molecular formula is C21H21N5O2. The van der Waals surface area contributed by atoms with Gasteiger partial charge in [-0.2, -0.15) is 5.26 Å². The molecule has 142 valence electrons. The molecule has 0 radical (unpaired) electrons. The lowest BCUT2D eigenvalue weighted by atomic mass is 9.99. The number of rotatable bonds is 5. The molecule has 1 aliphatic rings. The average molecular weight is 375 g/mol. The first-order chi connectivity index (χ1) is 13.5. The number of imidazole rings is 1. The number of nitrogens with zero attached hydrogens (tertiary/aromatic N) is 3. The molecule has 1 aliphatic carbocycles. The van der Waals surface area contributed by atoms with Gasteiger partial charge in [-0.25, -0.2) is 9.78 Å². The maximum atomic E-state index is 12.4. The van der Waals surface area contributed by atoms with Crippen molar-refractivity contribution in [2.24, 2.45) is 0 Å². The molecule has 2 N–H and O–H groups in total. The van der Waals surface area contributed by atoms with Crippen molar-refractivity contribution in [2.45, 2.75) is 45.2 Å². The average Bonchev–Trinajstić information content (AvgIpc) is 3.41. The quantitative estimate of drug-likeness (QED) is 0.715. The predicted octanol–water partition coefficient (Wildman–Crippen LogP) is 3.07. The van der Waals surface area contributed by atoms with Crippen LogP contribution in [0.4, 0.5) is 0 Å². The van der Waals surface area contributed by atoms with Crippen LogP contribution in [0, 0.1) is 18.3 Å². The number of carbonyl (C=O) groups excluding carboxylic acids is 1. The van der Waals surface area contributed by atoms with Gasteiger partial charge in [0, 0.05) is 23.4 Å². The number of nitrogens with one attached hydrogen (secondary N) is 2. The highest BCUT2D eigenvalue weighted by Crippen LogP contribution is 2.27. The highest BCUT2D eigenvalue weighted by molar-refractivity contribution is 5.96. The predicted molar refractivity (Wildman–Crippen MR) is 106 cm³/mol. The molecule has 0 bridgehead atoms. The Balaban J connectivity index is 1.74. The second-order valence-electron chi connectivity index (χ2n) is 7.38. The van der Waals surface area contributed by atoms with Crippen LogP contribution in [0.5, 0.6) is 0 Å². The summed E-state index contributed by atoms with van der Waals surface area (Å²) >= 11 is 0. The van der Waals surface area contributed by atoms with E-state index in [0.29, 0.717) is 22.8 Å². The number of H-pyrrole nitrogens is 1. The third-order valence-electron chi connectivity index (χ3n) is 5.11. The summed E-state index contributed by atoms with van der Waals surface area (Å²) in [6.07, 6.45) is 4.02. The van der Waals surface area contributed by atoms with Gasteiger partial charge in [-0.15, -0.1) is 0 Å². The maximum absolute atomic E-state index is 12.4. The molecule has 1 saturated carbocycles. The molecule has 2 heterocycles. The summed E-state index contributed by atoms with van der Waals surface area (Å²) in [6.45, 7) is 3.80. The van der Waals surface area contributed by atoms with Crippen LogP contribution >= 0.6 is 0 Å². The Labute approximate surface area is 162 Å². The number of benzene rings is 1. The molecule has 7 nitrogen and oxygen atoms in total. The molecule has 2 aromatic heterocycles. The van der Waals surface area contributed by atoms with Crippen LogP contribution in [0.1, 0.15) is 48.1 Å². The summed E-state index contributed by atoms with van der Waals surface area (Å²) in [7, 11) is 0.